The van der Waals surface area contributed by atoms with Gasteiger partial charge in [0.15, 0.2) is 0 Å². The second-order valence-electron chi connectivity index (χ2n) is 5.03. The molecule has 112 valence electrons. The fraction of sp³-hybridized carbons (Fsp3) is 0.571. The molecule has 0 unspecified atom stereocenters. The molecule has 0 aliphatic carbocycles. The monoisotopic (exact) mass is 316 g/mol. The Morgan fingerprint density at radius 3 is 2.55 bits per heavy atom. The normalized spacial score (nSPS) is 17.6. The fourth-order valence-electron chi connectivity index (χ4n) is 2.59. The zero-order valence-corrected chi connectivity index (χ0v) is 13.3. The summed E-state index contributed by atoms with van der Waals surface area (Å²) in [4.78, 5) is 0.216. The number of hydrogen-bond donors (Lipinski definition) is 1. The summed E-state index contributed by atoms with van der Waals surface area (Å²) in [5.74, 6) is 0. The van der Waals surface area contributed by atoms with Gasteiger partial charge in [-0.1, -0.05) is 30.7 Å². The van der Waals surface area contributed by atoms with Crippen LogP contribution in [0.5, 0.6) is 0 Å². The highest BCUT2D eigenvalue weighted by atomic mass is 35.5. The van der Waals surface area contributed by atoms with Crippen LogP contribution in [0.2, 0.25) is 5.02 Å². The van der Waals surface area contributed by atoms with Gasteiger partial charge in [-0.05, 0) is 44.5 Å². The van der Waals surface area contributed by atoms with Gasteiger partial charge in [0.1, 0.15) is 4.90 Å². The SMILES string of the molecule is CCCN(C1CCNCC1)S(=O)(=O)c1ccccc1Cl. The van der Waals surface area contributed by atoms with Crippen molar-refractivity contribution in [1.29, 1.82) is 0 Å². The van der Waals surface area contributed by atoms with Gasteiger partial charge in [-0.25, -0.2) is 8.42 Å². The van der Waals surface area contributed by atoms with E-state index >= 15 is 0 Å². The maximum Gasteiger partial charge on any atom is 0.244 e. The molecule has 0 saturated carbocycles. The molecule has 1 aromatic rings. The topological polar surface area (TPSA) is 49.4 Å². The molecule has 0 aromatic heterocycles. The van der Waals surface area contributed by atoms with E-state index in [1.54, 1.807) is 28.6 Å². The molecule has 6 heteroatoms. The van der Waals surface area contributed by atoms with Crippen molar-refractivity contribution in [3.05, 3.63) is 29.3 Å². The molecule has 1 aromatic carbocycles. The second kappa shape index (κ2) is 6.89. The molecule has 0 atom stereocenters. The van der Waals surface area contributed by atoms with Crippen LogP contribution < -0.4 is 5.32 Å². The van der Waals surface area contributed by atoms with Gasteiger partial charge in [0.2, 0.25) is 10.0 Å². The van der Waals surface area contributed by atoms with Gasteiger partial charge in [0.05, 0.1) is 5.02 Å². The molecular weight excluding hydrogens is 296 g/mol. The molecule has 2 rings (SSSR count). The highest BCUT2D eigenvalue weighted by Crippen LogP contribution is 2.27. The molecule has 1 aliphatic rings. The van der Waals surface area contributed by atoms with Crippen molar-refractivity contribution in [2.45, 2.75) is 37.1 Å². The van der Waals surface area contributed by atoms with Gasteiger partial charge in [0, 0.05) is 12.6 Å². The number of halogens is 1. The zero-order chi connectivity index (χ0) is 14.6. The van der Waals surface area contributed by atoms with E-state index in [1.807, 2.05) is 6.92 Å². The Morgan fingerprint density at radius 2 is 1.95 bits per heavy atom. The van der Waals surface area contributed by atoms with Gasteiger partial charge in [0.25, 0.3) is 0 Å². The van der Waals surface area contributed by atoms with E-state index < -0.39 is 10.0 Å². The third kappa shape index (κ3) is 3.34. The van der Waals surface area contributed by atoms with Crippen molar-refractivity contribution < 1.29 is 8.42 Å². The third-order valence-electron chi connectivity index (χ3n) is 3.58. The molecule has 1 fully saturated rings. The van der Waals surface area contributed by atoms with Gasteiger partial charge in [-0.3, -0.25) is 0 Å². The van der Waals surface area contributed by atoms with Crippen molar-refractivity contribution in [3.8, 4) is 0 Å². The first-order valence-electron chi connectivity index (χ1n) is 7.04. The van der Waals surface area contributed by atoms with E-state index in [0.717, 1.165) is 32.4 Å². The van der Waals surface area contributed by atoms with Gasteiger partial charge in [-0.15, -0.1) is 0 Å². The van der Waals surface area contributed by atoms with Crippen LogP contribution in [0.1, 0.15) is 26.2 Å². The number of hydrogen-bond acceptors (Lipinski definition) is 3. The lowest BCUT2D eigenvalue weighted by atomic mass is 10.1. The lowest BCUT2D eigenvalue weighted by Crippen LogP contribution is -2.46. The molecule has 20 heavy (non-hydrogen) atoms. The minimum Gasteiger partial charge on any atom is -0.317 e. The summed E-state index contributed by atoms with van der Waals surface area (Å²) in [6.07, 6.45) is 2.50. The predicted octanol–water partition coefficient (Wildman–Crippen LogP) is 2.49. The van der Waals surface area contributed by atoms with Crippen molar-refractivity contribution >= 4 is 21.6 Å². The molecule has 0 bridgehead atoms. The number of nitrogens with zero attached hydrogens (tertiary/aromatic N) is 1. The number of rotatable bonds is 5. The van der Waals surface area contributed by atoms with Crippen molar-refractivity contribution in [2.24, 2.45) is 0 Å². The van der Waals surface area contributed by atoms with Gasteiger partial charge in [-0.2, -0.15) is 4.31 Å². The molecule has 1 N–H and O–H groups in total. The quantitative estimate of drug-likeness (QED) is 0.908. The van der Waals surface area contributed by atoms with E-state index in [2.05, 4.69) is 5.32 Å². The minimum atomic E-state index is -3.52. The average molecular weight is 317 g/mol. The number of nitrogens with one attached hydrogen (secondary N) is 1. The van der Waals surface area contributed by atoms with E-state index in [4.69, 9.17) is 11.6 Å². The smallest absolute Gasteiger partial charge is 0.244 e. The molecule has 1 heterocycles. The second-order valence-corrected chi connectivity index (χ2v) is 7.29. The lowest BCUT2D eigenvalue weighted by Gasteiger charge is -2.33. The van der Waals surface area contributed by atoms with Crippen molar-refractivity contribution in [3.63, 3.8) is 0 Å². The van der Waals surface area contributed by atoms with Gasteiger partial charge >= 0.3 is 0 Å². The standard InChI is InChI=1S/C14H21ClN2O2S/c1-2-11-17(12-7-9-16-10-8-12)20(18,19)14-6-4-3-5-13(14)15/h3-6,12,16H,2,7-11H2,1H3. The Morgan fingerprint density at radius 1 is 1.30 bits per heavy atom. The molecule has 0 amide bonds. The summed E-state index contributed by atoms with van der Waals surface area (Å²) in [6, 6.07) is 6.74. The number of sulfonamides is 1. The van der Waals surface area contributed by atoms with Crippen LogP contribution in [0.4, 0.5) is 0 Å². The van der Waals surface area contributed by atoms with Crippen LogP contribution in [0.15, 0.2) is 29.2 Å². The van der Waals surface area contributed by atoms with E-state index in [0.29, 0.717) is 11.6 Å². The highest BCUT2D eigenvalue weighted by molar-refractivity contribution is 7.89. The van der Waals surface area contributed by atoms with Crippen molar-refractivity contribution in [2.75, 3.05) is 19.6 Å². The molecule has 1 aliphatic heterocycles. The number of piperidine rings is 1. The lowest BCUT2D eigenvalue weighted by molar-refractivity contribution is 0.262. The predicted molar refractivity (Wildman–Crippen MR) is 81.5 cm³/mol. The van der Waals surface area contributed by atoms with Crippen LogP contribution in [0, 0.1) is 0 Å². The Labute approximate surface area is 126 Å². The Bertz CT molecular complexity index is 542. The first-order valence-corrected chi connectivity index (χ1v) is 8.86. The van der Waals surface area contributed by atoms with E-state index in [1.165, 1.54) is 0 Å². The third-order valence-corrected chi connectivity index (χ3v) is 6.03. The summed E-state index contributed by atoms with van der Waals surface area (Å²) >= 11 is 6.07. The summed E-state index contributed by atoms with van der Waals surface area (Å²) in [5.41, 5.74) is 0. The first kappa shape index (κ1) is 15.8. The molecular formula is C14H21ClN2O2S. The van der Waals surface area contributed by atoms with E-state index in [-0.39, 0.29) is 10.9 Å². The number of benzene rings is 1. The van der Waals surface area contributed by atoms with Crippen LogP contribution in [0.3, 0.4) is 0 Å². The highest BCUT2D eigenvalue weighted by Gasteiger charge is 2.32. The van der Waals surface area contributed by atoms with Crippen LogP contribution in [0.25, 0.3) is 0 Å². The Hall–Kier alpha value is -0.620. The molecule has 1 saturated heterocycles. The van der Waals surface area contributed by atoms with Crippen LogP contribution in [-0.4, -0.2) is 38.4 Å². The fourth-order valence-corrected chi connectivity index (χ4v) is 4.87. The van der Waals surface area contributed by atoms with Gasteiger partial charge < -0.3 is 5.32 Å². The minimum absolute atomic E-state index is 0.0671. The molecule has 4 nitrogen and oxygen atoms in total. The zero-order valence-electron chi connectivity index (χ0n) is 11.7. The summed E-state index contributed by atoms with van der Waals surface area (Å²) in [5, 5.41) is 3.56. The van der Waals surface area contributed by atoms with Crippen molar-refractivity contribution in [1.82, 2.24) is 9.62 Å². The largest absolute Gasteiger partial charge is 0.317 e. The average Bonchev–Trinajstić information content (AvgIpc) is 2.45. The van der Waals surface area contributed by atoms with Crippen LogP contribution >= 0.6 is 11.6 Å². The van der Waals surface area contributed by atoms with Crippen LogP contribution in [-0.2, 0) is 10.0 Å². The molecule has 0 radical (unpaired) electrons. The molecule has 0 spiro atoms. The summed E-state index contributed by atoms with van der Waals surface area (Å²) < 4.78 is 27.4. The Balaban J connectivity index is 2.34. The summed E-state index contributed by atoms with van der Waals surface area (Å²) in [6.45, 7) is 4.26. The maximum atomic E-state index is 12.9. The maximum absolute atomic E-state index is 12.9. The first-order chi connectivity index (χ1) is 9.57. The van der Waals surface area contributed by atoms with E-state index in [9.17, 15) is 8.42 Å². The Kier molecular flexibility index (Phi) is 5.43. The summed E-state index contributed by atoms with van der Waals surface area (Å²) in [7, 11) is -3.52.